The van der Waals surface area contributed by atoms with Gasteiger partial charge in [0.05, 0.1) is 6.42 Å². The zero-order valence-electron chi connectivity index (χ0n) is 12.0. The maximum Gasteiger partial charge on any atom is 0.228 e. The highest BCUT2D eigenvalue weighted by molar-refractivity contribution is 5.99. The highest BCUT2D eigenvalue weighted by Gasteiger charge is 2.17. The third kappa shape index (κ3) is 3.78. The summed E-state index contributed by atoms with van der Waals surface area (Å²) in [6.07, 6.45) is 1.50. The summed E-state index contributed by atoms with van der Waals surface area (Å²) in [6, 6.07) is 6.24. The molecular formula is C15H23N3O. The van der Waals surface area contributed by atoms with Gasteiger partial charge in [-0.3, -0.25) is 4.79 Å². The molecular weight excluding hydrogens is 238 g/mol. The smallest absolute Gasteiger partial charge is 0.228 e. The molecule has 0 fully saturated rings. The minimum Gasteiger partial charge on any atom is -0.326 e. The molecule has 0 aromatic heterocycles. The van der Waals surface area contributed by atoms with Crippen molar-refractivity contribution in [3.63, 3.8) is 0 Å². The van der Waals surface area contributed by atoms with E-state index in [9.17, 15) is 4.79 Å². The molecule has 0 atom stereocenters. The van der Waals surface area contributed by atoms with Gasteiger partial charge in [0.1, 0.15) is 0 Å². The Balaban J connectivity index is 1.81. The van der Waals surface area contributed by atoms with Crippen molar-refractivity contribution < 1.29 is 4.79 Å². The molecule has 0 saturated carbocycles. The van der Waals surface area contributed by atoms with Crippen molar-refractivity contribution in [2.24, 2.45) is 0 Å². The Kier molecular flexibility index (Phi) is 4.22. The highest BCUT2D eigenvalue weighted by atomic mass is 16.1. The van der Waals surface area contributed by atoms with Crippen molar-refractivity contribution in [1.29, 1.82) is 0 Å². The monoisotopic (exact) mass is 261 g/mol. The third-order valence-corrected chi connectivity index (χ3v) is 3.63. The van der Waals surface area contributed by atoms with Crippen molar-refractivity contribution in [3.05, 3.63) is 29.3 Å². The minimum atomic E-state index is 0.0982. The molecule has 3 N–H and O–H groups in total. The maximum absolute atomic E-state index is 11.3. The molecule has 104 valence electrons. The van der Waals surface area contributed by atoms with E-state index in [0.29, 0.717) is 6.42 Å². The van der Waals surface area contributed by atoms with Gasteiger partial charge in [0.15, 0.2) is 0 Å². The number of anilines is 1. The Morgan fingerprint density at radius 2 is 2.16 bits per heavy atom. The number of amides is 1. The predicted octanol–water partition coefficient (Wildman–Crippen LogP) is 1.31. The highest BCUT2D eigenvalue weighted by Crippen LogP contribution is 2.23. The van der Waals surface area contributed by atoms with Gasteiger partial charge in [-0.05, 0) is 51.1 Å². The van der Waals surface area contributed by atoms with E-state index in [0.717, 1.165) is 30.8 Å². The molecule has 0 unspecified atom stereocenters. The number of fused-ring (bicyclic) bond motifs is 1. The van der Waals surface area contributed by atoms with Crippen LogP contribution in [0.3, 0.4) is 0 Å². The van der Waals surface area contributed by atoms with E-state index < -0.39 is 0 Å². The number of likely N-dealkylation sites (N-methyl/N-ethyl adjacent to an activating group) is 1. The fourth-order valence-corrected chi connectivity index (χ4v) is 2.16. The Morgan fingerprint density at radius 1 is 1.37 bits per heavy atom. The third-order valence-electron chi connectivity index (χ3n) is 3.63. The Labute approximate surface area is 115 Å². The van der Waals surface area contributed by atoms with Gasteiger partial charge in [0, 0.05) is 17.8 Å². The molecule has 1 heterocycles. The molecule has 0 radical (unpaired) electrons. The van der Waals surface area contributed by atoms with Crippen LogP contribution in [0.15, 0.2) is 18.2 Å². The standard InChI is InChI=1S/C15H23N3O/c1-15(2,16-3)10-17-7-6-11-4-5-13-12(8-11)9-14(19)18-13/h4-5,8,16-17H,6-7,9-10H2,1-3H3,(H,18,19). The molecule has 1 aromatic rings. The van der Waals surface area contributed by atoms with Gasteiger partial charge < -0.3 is 16.0 Å². The van der Waals surface area contributed by atoms with Crippen molar-refractivity contribution in [1.82, 2.24) is 10.6 Å². The molecule has 0 bridgehead atoms. The molecule has 1 aromatic carbocycles. The molecule has 4 heteroatoms. The molecule has 1 aliphatic rings. The topological polar surface area (TPSA) is 53.2 Å². The summed E-state index contributed by atoms with van der Waals surface area (Å²) in [5.41, 5.74) is 3.50. The van der Waals surface area contributed by atoms with Crippen LogP contribution in [0.4, 0.5) is 5.69 Å². The zero-order valence-corrected chi connectivity index (χ0v) is 12.0. The van der Waals surface area contributed by atoms with Gasteiger partial charge in [-0.2, -0.15) is 0 Å². The SMILES string of the molecule is CNC(C)(C)CNCCc1ccc2c(c1)CC(=O)N2. The van der Waals surface area contributed by atoms with Gasteiger partial charge in [-0.25, -0.2) is 0 Å². The maximum atomic E-state index is 11.3. The van der Waals surface area contributed by atoms with E-state index in [1.54, 1.807) is 0 Å². The fourth-order valence-electron chi connectivity index (χ4n) is 2.16. The summed E-state index contributed by atoms with van der Waals surface area (Å²) in [5, 5.41) is 9.58. The first-order chi connectivity index (χ1) is 9.00. The summed E-state index contributed by atoms with van der Waals surface area (Å²) in [6.45, 7) is 6.24. The average Bonchev–Trinajstić information content (AvgIpc) is 2.74. The Morgan fingerprint density at radius 3 is 2.89 bits per heavy atom. The number of rotatable bonds is 6. The zero-order chi connectivity index (χ0) is 13.9. The second-order valence-corrected chi connectivity index (χ2v) is 5.78. The quantitative estimate of drug-likeness (QED) is 0.677. The second-order valence-electron chi connectivity index (χ2n) is 5.78. The second kappa shape index (κ2) is 5.72. The average molecular weight is 261 g/mol. The summed E-state index contributed by atoms with van der Waals surface area (Å²) in [5.74, 6) is 0.0982. The number of carbonyl (C=O) groups excluding carboxylic acids is 1. The first kappa shape index (κ1) is 14.0. The lowest BCUT2D eigenvalue weighted by Gasteiger charge is -2.24. The van der Waals surface area contributed by atoms with Crippen LogP contribution in [0.2, 0.25) is 0 Å². The summed E-state index contributed by atoms with van der Waals surface area (Å²) >= 11 is 0. The van der Waals surface area contributed by atoms with Crippen LogP contribution >= 0.6 is 0 Å². The van der Waals surface area contributed by atoms with Crippen LogP contribution in [-0.2, 0) is 17.6 Å². The molecule has 2 rings (SSSR count). The van der Waals surface area contributed by atoms with E-state index in [1.165, 1.54) is 5.56 Å². The van der Waals surface area contributed by atoms with Gasteiger partial charge >= 0.3 is 0 Å². The van der Waals surface area contributed by atoms with Gasteiger partial charge in [-0.15, -0.1) is 0 Å². The van der Waals surface area contributed by atoms with Gasteiger partial charge in [0.2, 0.25) is 5.91 Å². The molecule has 1 aliphatic heterocycles. The Bertz CT molecular complexity index is 468. The predicted molar refractivity (Wildman–Crippen MR) is 78.5 cm³/mol. The summed E-state index contributed by atoms with van der Waals surface area (Å²) in [4.78, 5) is 11.3. The molecule has 0 saturated heterocycles. The lowest BCUT2D eigenvalue weighted by atomic mass is 10.0. The number of benzene rings is 1. The van der Waals surface area contributed by atoms with Crippen LogP contribution in [0, 0.1) is 0 Å². The number of hydrogen-bond donors (Lipinski definition) is 3. The fraction of sp³-hybridized carbons (Fsp3) is 0.533. The van der Waals surface area contributed by atoms with E-state index in [4.69, 9.17) is 0 Å². The van der Waals surface area contributed by atoms with Crippen LogP contribution in [-0.4, -0.2) is 31.6 Å². The normalized spacial score (nSPS) is 14.4. The largest absolute Gasteiger partial charge is 0.326 e. The van der Waals surface area contributed by atoms with Crippen molar-refractivity contribution in [2.75, 3.05) is 25.5 Å². The van der Waals surface area contributed by atoms with Crippen molar-refractivity contribution in [3.8, 4) is 0 Å². The van der Waals surface area contributed by atoms with E-state index in [2.05, 4.69) is 41.9 Å². The van der Waals surface area contributed by atoms with E-state index >= 15 is 0 Å². The minimum absolute atomic E-state index is 0.0982. The van der Waals surface area contributed by atoms with Gasteiger partial charge in [0.25, 0.3) is 0 Å². The first-order valence-corrected chi connectivity index (χ1v) is 6.81. The molecule has 0 spiro atoms. The van der Waals surface area contributed by atoms with Crippen LogP contribution in [0.5, 0.6) is 0 Å². The van der Waals surface area contributed by atoms with Gasteiger partial charge in [-0.1, -0.05) is 12.1 Å². The lowest BCUT2D eigenvalue weighted by molar-refractivity contribution is -0.115. The molecule has 0 aliphatic carbocycles. The lowest BCUT2D eigenvalue weighted by Crippen LogP contribution is -2.46. The number of nitrogens with one attached hydrogen (secondary N) is 3. The summed E-state index contributed by atoms with van der Waals surface area (Å²) < 4.78 is 0. The Hall–Kier alpha value is -1.39. The number of carbonyl (C=O) groups is 1. The molecule has 1 amide bonds. The molecule has 4 nitrogen and oxygen atoms in total. The number of hydrogen-bond acceptors (Lipinski definition) is 3. The van der Waals surface area contributed by atoms with E-state index in [-0.39, 0.29) is 11.4 Å². The van der Waals surface area contributed by atoms with Crippen molar-refractivity contribution in [2.45, 2.75) is 32.2 Å². The van der Waals surface area contributed by atoms with Crippen LogP contribution in [0.25, 0.3) is 0 Å². The van der Waals surface area contributed by atoms with Crippen molar-refractivity contribution >= 4 is 11.6 Å². The van der Waals surface area contributed by atoms with Crippen LogP contribution in [0.1, 0.15) is 25.0 Å². The molecule has 19 heavy (non-hydrogen) atoms. The summed E-state index contributed by atoms with van der Waals surface area (Å²) in [7, 11) is 1.98. The first-order valence-electron chi connectivity index (χ1n) is 6.81. The van der Waals surface area contributed by atoms with E-state index in [1.807, 2.05) is 13.1 Å². The van der Waals surface area contributed by atoms with Crippen LogP contribution < -0.4 is 16.0 Å².